The number of imidazole rings is 1. The average Bonchev–Trinajstić information content (AvgIpc) is 3.03. The topological polar surface area (TPSA) is 84.0 Å². The third-order valence-corrected chi connectivity index (χ3v) is 6.49. The first-order valence-corrected chi connectivity index (χ1v) is 9.56. The van der Waals surface area contributed by atoms with E-state index in [4.69, 9.17) is 16.1 Å². The Kier molecular flexibility index (Phi) is 3.01. The van der Waals surface area contributed by atoms with Gasteiger partial charge in [0.05, 0.1) is 13.0 Å². The van der Waals surface area contributed by atoms with E-state index < -0.39 is 0 Å². The second-order valence-electron chi connectivity index (χ2n) is 7.50. The van der Waals surface area contributed by atoms with Crippen molar-refractivity contribution in [1.82, 2.24) is 30.4 Å². The molecule has 3 fully saturated rings. The van der Waals surface area contributed by atoms with Crippen molar-refractivity contribution in [3.05, 3.63) is 12.2 Å². The first-order valence-electron chi connectivity index (χ1n) is 9.12. The highest BCUT2D eigenvalue weighted by molar-refractivity contribution is 6.21. The summed E-state index contributed by atoms with van der Waals surface area (Å²) < 4.78 is 7.71. The smallest absolute Gasteiger partial charge is 0.230 e. The summed E-state index contributed by atoms with van der Waals surface area (Å²) in [5.74, 6) is 3.14. The van der Waals surface area contributed by atoms with E-state index in [1.807, 2.05) is 6.33 Å². The van der Waals surface area contributed by atoms with Crippen molar-refractivity contribution >= 4 is 17.4 Å². The lowest BCUT2D eigenvalue weighted by atomic mass is 9.80. The lowest BCUT2D eigenvalue weighted by Crippen LogP contribution is -2.56. The molecule has 2 aliphatic carbocycles. The van der Waals surface area contributed by atoms with E-state index in [1.165, 1.54) is 0 Å². The molecule has 0 spiro atoms. The fraction of sp³-hybridized carbons (Fsp3) is 0.688. The van der Waals surface area contributed by atoms with Crippen LogP contribution in [0.4, 0.5) is 5.82 Å². The van der Waals surface area contributed by atoms with Gasteiger partial charge in [-0.1, -0.05) is 5.16 Å². The van der Waals surface area contributed by atoms with E-state index in [0.717, 1.165) is 56.2 Å². The zero-order valence-corrected chi connectivity index (χ0v) is 14.5. The highest BCUT2D eigenvalue weighted by Crippen LogP contribution is 2.48. The molecule has 0 radical (unpaired) electrons. The number of halogens is 1. The SMILES string of the molecule is ClC1CCCC2C1C1NCNN1c1c(-c3noc(C4CC4)n3)ncn12. The molecule has 2 saturated carbocycles. The molecule has 0 bridgehead atoms. The van der Waals surface area contributed by atoms with E-state index >= 15 is 0 Å². The predicted molar refractivity (Wildman–Crippen MR) is 90.9 cm³/mol. The second-order valence-corrected chi connectivity index (χ2v) is 8.06. The molecule has 2 aromatic heterocycles. The van der Waals surface area contributed by atoms with Crippen LogP contribution in [0.2, 0.25) is 0 Å². The standard InChI is InChI=1S/C16H20ClN7O/c17-9-2-1-3-10-11(9)14-18-6-20-24(14)16-12(19-7-23(10)16)13-21-15(25-22-13)8-4-5-8/h7-11,14,18,20H,1-6H2. The van der Waals surface area contributed by atoms with E-state index in [-0.39, 0.29) is 11.5 Å². The fourth-order valence-electron chi connectivity index (χ4n) is 4.64. The molecule has 4 aliphatic rings. The van der Waals surface area contributed by atoms with Gasteiger partial charge in [0.2, 0.25) is 11.7 Å². The zero-order valence-electron chi connectivity index (χ0n) is 13.7. The Morgan fingerprint density at radius 1 is 1.24 bits per heavy atom. The number of rotatable bonds is 2. The number of fused-ring (bicyclic) bond motifs is 6. The molecule has 0 aromatic carbocycles. The van der Waals surface area contributed by atoms with Gasteiger partial charge in [0.1, 0.15) is 6.17 Å². The maximum absolute atomic E-state index is 6.72. The van der Waals surface area contributed by atoms with Crippen molar-refractivity contribution in [2.75, 3.05) is 11.7 Å². The normalized spacial score (nSPS) is 33.9. The van der Waals surface area contributed by atoms with Crippen LogP contribution in [0, 0.1) is 5.92 Å². The number of anilines is 1. The Morgan fingerprint density at radius 3 is 3.04 bits per heavy atom. The first-order chi connectivity index (χ1) is 12.3. The van der Waals surface area contributed by atoms with Gasteiger partial charge in [-0.2, -0.15) is 4.98 Å². The van der Waals surface area contributed by atoms with Crippen LogP contribution in [-0.4, -0.2) is 37.9 Å². The number of nitrogens with one attached hydrogen (secondary N) is 2. The maximum atomic E-state index is 6.72. The Labute approximate surface area is 149 Å². The van der Waals surface area contributed by atoms with Gasteiger partial charge in [-0.3, -0.25) is 10.3 Å². The molecule has 6 rings (SSSR count). The molecule has 2 N–H and O–H groups in total. The van der Waals surface area contributed by atoms with Crippen LogP contribution in [-0.2, 0) is 0 Å². The van der Waals surface area contributed by atoms with Gasteiger partial charge >= 0.3 is 0 Å². The van der Waals surface area contributed by atoms with E-state index in [9.17, 15) is 0 Å². The number of hydrogen-bond acceptors (Lipinski definition) is 7. The minimum absolute atomic E-state index is 0.171. The van der Waals surface area contributed by atoms with Crippen LogP contribution >= 0.6 is 11.6 Å². The lowest BCUT2D eigenvalue weighted by Gasteiger charge is -2.47. The van der Waals surface area contributed by atoms with Crippen molar-refractivity contribution in [1.29, 1.82) is 0 Å². The Bertz CT molecular complexity index is 815. The number of hydrogen-bond donors (Lipinski definition) is 2. The Balaban J connectivity index is 1.47. The molecule has 132 valence electrons. The quantitative estimate of drug-likeness (QED) is 0.791. The fourth-order valence-corrected chi connectivity index (χ4v) is 5.10. The number of nitrogens with zero attached hydrogens (tertiary/aromatic N) is 5. The molecule has 2 aromatic rings. The van der Waals surface area contributed by atoms with Gasteiger partial charge in [-0.25, -0.2) is 10.4 Å². The summed E-state index contributed by atoms with van der Waals surface area (Å²) in [6.45, 7) is 0.724. The Hall–Kier alpha value is -1.64. The van der Waals surface area contributed by atoms with Crippen molar-refractivity contribution in [3.63, 3.8) is 0 Å². The summed E-state index contributed by atoms with van der Waals surface area (Å²) in [5, 5.41) is 10.1. The van der Waals surface area contributed by atoms with E-state index in [2.05, 4.69) is 35.4 Å². The molecule has 0 amide bonds. The van der Waals surface area contributed by atoms with Crippen LogP contribution < -0.4 is 15.8 Å². The van der Waals surface area contributed by atoms with Crippen molar-refractivity contribution in [2.24, 2.45) is 5.92 Å². The molecule has 4 atom stereocenters. The Morgan fingerprint density at radius 2 is 2.16 bits per heavy atom. The number of aromatic nitrogens is 4. The molecular weight excluding hydrogens is 342 g/mol. The molecule has 9 heteroatoms. The van der Waals surface area contributed by atoms with Gasteiger partial charge in [-0.15, -0.1) is 11.6 Å². The lowest BCUT2D eigenvalue weighted by molar-refractivity contribution is 0.178. The first kappa shape index (κ1) is 14.5. The predicted octanol–water partition coefficient (Wildman–Crippen LogP) is 1.97. The van der Waals surface area contributed by atoms with Gasteiger partial charge in [0.15, 0.2) is 11.5 Å². The second kappa shape index (κ2) is 5.18. The third kappa shape index (κ3) is 2.04. The van der Waals surface area contributed by atoms with Crippen LogP contribution in [0.1, 0.15) is 50.0 Å². The number of alkyl halides is 1. The summed E-state index contributed by atoms with van der Waals surface area (Å²) in [6, 6.07) is 0.357. The largest absolute Gasteiger partial charge is 0.339 e. The van der Waals surface area contributed by atoms with Crippen LogP contribution in [0.15, 0.2) is 10.9 Å². The molecule has 25 heavy (non-hydrogen) atoms. The number of hydrazine groups is 1. The van der Waals surface area contributed by atoms with E-state index in [0.29, 0.717) is 23.7 Å². The molecule has 4 heterocycles. The monoisotopic (exact) mass is 361 g/mol. The highest BCUT2D eigenvalue weighted by Gasteiger charge is 2.49. The summed E-state index contributed by atoms with van der Waals surface area (Å²) in [4.78, 5) is 9.26. The minimum atomic E-state index is 0.171. The molecule has 2 aliphatic heterocycles. The maximum Gasteiger partial charge on any atom is 0.230 e. The van der Waals surface area contributed by atoms with Crippen LogP contribution in [0.3, 0.4) is 0 Å². The summed E-state index contributed by atoms with van der Waals surface area (Å²) in [6.07, 6.45) is 7.72. The van der Waals surface area contributed by atoms with Crippen LogP contribution in [0.5, 0.6) is 0 Å². The molecule has 8 nitrogen and oxygen atoms in total. The third-order valence-electron chi connectivity index (χ3n) is 5.98. The summed E-state index contributed by atoms with van der Waals surface area (Å²) >= 11 is 6.72. The molecule has 4 unspecified atom stereocenters. The van der Waals surface area contributed by atoms with Gasteiger partial charge in [0, 0.05) is 23.3 Å². The highest BCUT2D eigenvalue weighted by atomic mass is 35.5. The van der Waals surface area contributed by atoms with E-state index in [1.54, 1.807) is 0 Å². The minimum Gasteiger partial charge on any atom is -0.339 e. The summed E-state index contributed by atoms with van der Waals surface area (Å²) in [7, 11) is 0. The van der Waals surface area contributed by atoms with Crippen molar-refractivity contribution in [2.45, 2.75) is 55.6 Å². The average molecular weight is 362 g/mol. The summed E-state index contributed by atoms with van der Waals surface area (Å²) in [5.41, 5.74) is 4.21. The van der Waals surface area contributed by atoms with Crippen molar-refractivity contribution in [3.8, 4) is 11.5 Å². The molecular formula is C16H20ClN7O. The van der Waals surface area contributed by atoms with Crippen LogP contribution in [0.25, 0.3) is 11.5 Å². The molecule has 1 saturated heterocycles. The van der Waals surface area contributed by atoms with Gasteiger partial charge in [-0.05, 0) is 32.1 Å². The van der Waals surface area contributed by atoms with Gasteiger partial charge in [0.25, 0.3) is 0 Å². The zero-order chi connectivity index (χ0) is 16.5. The van der Waals surface area contributed by atoms with Crippen molar-refractivity contribution < 1.29 is 4.52 Å². The van der Waals surface area contributed by atoms with Gasteiger partial charge < -0.3 is 9.09 Å².